The molecular formula is C17H24IN5. The summed E-state index contributed by atoms with van der Waals surface area (Å²) in [6.07, 6.45) is 6.12. The monoisotopic (exact) mass is 425 g/mol. The smallest absolute Gasteiger partial charge is 0.191 e. The molecule has 0 amide bonds. The molecule has 1 aromatic heterocycles. The van der Waals surface area contributed by atoms with Gasteiger partial charge in [0.25, 0.3) is 0 Å². The zero-order chi connectivity index (χ0) is 15.4. The van der Waals surface area contributed by atoms with E-state index in [2.05, 4.69) is 46.2 Å². The van der Waals surface area contributed by atoms with Gasteiger partial charge in [-0.2, -0.15) is 5.10 Å². The molecule has 0 aliphatic carbocycles. The molecule has 2 aromatic rings. The molecule has 0 unspecified atom stereocenters. The maximum absolute atomic E-state index is 6.11. The lowest BCUT2D eigenvalue weighted by molar-refractivity contribution is 0.277. The Morgan fingerprint density at radius 3 is 2.57 bits per heavy atom. The number of benzene rings is 1. The maximum Gasteiger partial charge on any atom is 0.191 e. The molecule has 0 radical (unpaired) electrons. The van der Waals surface area contributed by atoms with Crippen LogP contribution in [-0.4, -0.2) is 33.7 Å². The first-order valence-corrected chi connectivity index (χ1v) is 7.86. The molecule has 1 aliphatic heterocycles. The highest BCUT2D eigenvalue weighted by molar-refractivity contribution is 14.0. The van der Waals surface area contributed by atoms with Crippen LogP contribution in [0.5, 0.6) is 0 Å². The van der Waals surface area contributed by atoms with E-state index in [0.29, 0.717) is 12.5 Å². The number of nitrogens with two attached hydrogens (primary N) is 1. The second kappa shape index (κ2) is 8.33. The molecule has 6 heteroatoms. The number of halogens is 1. The average Bonchev–Trinajstić information content (AvgIpc) is 3.08. The van der Waals surface area contributed by atoms with E-state index in [1.165, 1.54) is 12.8 Å². The number of aromatic nitrogens is 2. The van der Waals surface area contributed by atoms with Crippen LogP contribution < -0.4 is 5.73 Å². The number of piperidine rings is 1. The molecule has 0 bridgehead atoms. The van der Waals surface area contributed by atoms with Crippen LogP contribution in [0.2, 0.25) is 0 Å². The van der Waals surface area contributed by atoms with E-state index in [1.807, 2.05) is 16.9 Å². The predicted octanol–water partition coefficient (Wildman–Crippen LogP) is 3.04. The molecule has 2 heterocycles. The lowest BCUT2D eigenvalue weighted by Gasteiger charge is -2.31. The fourth-order valence-electron chi connectivity index (χ4n) is 2.69. The quantitative estimate of drug-likeness (QED) is 0.467. The lowest BCUT2D eigenvalue weighted by Crippen LogP contribution is -2.42. The van der Waals surface area contributed by atoms with Crippen LogP contribution in [0.25, 0.3) is 5.69 Å². The van der Waals surface area contributed by atoms with Crippen molar-refractivity contribution in [3.8, 4) is 5.69 Å². The molecule has 0 spiro atoms. The molecule has 23 heavy (non-hydrogen) atoms. The molecule has 124 valence electrons. The van der Waals surface area contributed by atoms with E-state index in [9.17, 15) is 0 Å². The largest absolute Gasteiger partial charge is 0.370 e. The van der Waals surface area contributed by atoms with E-state index in [4.69, 9.17) is 5.73 Å². The van der Waals surface area contributed by atoms with Gasteiger partial charge in [0.05, 0.1) is 12.2 Å². The van der Waals surface area contributed by atoms with Crippen LogP contribution in [0.4, 0.5) is 0 Å². The van der Waals surface area contributed by atoms with E-state index >= 15 is 0 Å². The van der Waals surface area contributed by atoms with Crippen molar-refractivity contribution in [2.24, 2.45) is 16.6 Å². The number of hydrogen-bond acceptors (Lipinski definition) is 2. The second-order valence-corrected chi connectivity index (χ2v) is 5.96. The second-order valence-electron chi connectivity index (χ2n) is 5.96. The first kappa shape index (κ1) is 17.8. The predicted molar refractivity (Wildman–Crippen MR) is 104 cm³/mol. The standard InChI is InChI=1S/C17H23N5.HI/c1-14-7-11-21(12-8-14)17(18)19-13-15-3-5-16(6-4-15)22-10-2-9-20-22;/h2-6,9-10,14H,7-8,11-13H2,1H3,(H2,18,19);1H. The Morgan fingerprint density at radius 1 is 1.26 bits per heavy atom. The summed E-state index contributed by atoms with van der Waals surface area (Å²) in [7, 11) is 0. The highest BCUT2D eigenvalue weighted by atomic mass is 127. The Labute approximate surface area is 154 Å². The Morgan fingerprint density at radius 2 is 1.96 bits per heavy atom. The highest BCUT2D eigenvalue weighted by Crippen LogP contribution is 2.16. The minimum Gasteiger partial charge on any atom is -0.370 e. The van der Waals surface area contributed by atoms with E-state index in [-0.39, 0.29) is 24.0 Å². The van der Waals surface area contributed by atoms with Crippen LogP contribution in [0.3, 0.4) is 0 Å². The molecule has 0 atom stereocenters. The van der Waals surface area contributed by atoms with Crippen molar-refractivity contribution < 1.29 is 0 Å². The van der Waals surface area contributed by atoms with Crippen LogP contribution in [-0.2, 0) is 6.54 Å². The van der Waals surface area contributed by atoms with Crippen LogP contribution in [0, 0.1) is 5.92 Å². The highest BCUT2D eigenvalue weighted by Gasteiger charge is 2.16. The molecule has 1 saturated heterocycles. The van der Waals surface area contributed by atoms with E-state index in [1.54, 1.807) is 6.20 Å². The SMILES string of the molecule is CC1CCN(C(N)=NCc2ccc(-n3cccn3)cc2)CC1.I. The summed E-state index contributed by atoms with van der Waals surface area (Å²) in [5, 5.41) is 4.22. The van der Waals surface area contributed by atoms with E-state index < -0.39 is 0 Å². The maximum atomic E-state index is 6.11. The van der Waals surface area contributed by atoms with E-state index in [0.717, 1.165) is 30.3 Å². The minimum absolute atomic E-state index is 0. The third kappa shape index (κ3) is 4.70. The zero-order valence-corrected chi connectivity index (χ0v) is 15.8. The third-order valence-corrected chi connectivity index (χ3v) is 4.24. The van der Waals surface area contributed by atoms with Crippen LogP contribution >= 0.6 is 24.0 Å². The number of nitrogens with zero attached hydrogens (tertiary/aromatic N) is 4. The van der Waals surface area contributed by atoms with Gasteiger partial charge in [0.15, 0.2) is 5.96 Å². The molecular weight excluding hydrogens is 401 g/mol. The summed E-state index contributed by atoms with van der Waals surface area (Å²) in [6, 6.07) is 10.2. The van der Waals surface area contributed by atoms with Gasteiger partial charge in [-0.1, -0.05) is 19.1 Å². The molecule has 0 saturated carbocycles. The summed E-state index contributed by atoms with van der Waals surface area (Å²) >= 11 is 0. The van der Waals surface area contributed by atoms with Gasteiger partial charge >= 0.3 is 0 Å². The number of guanidine groups is 1. The molecule has 1 fully saturated rings. The van der Waals surface area contributed by atoms with Gasteiger partial charge in [-0.05, 0) is 42.5 Å². The normalized spacial score (nSPS) is 16.2. The van der Waals surface area contributed by atoms with Crippen molar-refractivity contribution in [3.05, 3.63) is 48.3 Å². The topological polar surface area (TPSA) is 59.4 Å². The number of rotatable bonds is 3. The molecule has 2 N–H and O–H groups in total. The van der Waals surface area contributed by atoms with Crippen LogP contribution in [0.15, 0.2) is 47.7 Å². The minimum atomic E-state index is 0. The fraction of sp³-hybridized carbons (Fsp3) is 0.412. The van der Waals surface area contributed by atoms with Gasteiger partial charge in [-0.15, -0.1) is 24.0 Å². The summed E-state index contributed by atoms with van der Waals surface area (Å²) in [5.41, 5.74) is 8.32. The summed E-state index contributed by atoms with van der Waals surface area (Å²) in [5.74, 6) is 1.47. The Balaban J connectivity index is 0.00000192. The summed E-state index contributed by atoms with van der Waals surface area (Å²) in [4.78, 5) is 6.73. The van der Waals surface area contributed by atoms with Gasteiger partial charge < -0.3 is 10.6 Å². The van der Waals surface area contributed by atoms with Crippen molar-refractivity contribution >= 4 is 29.9 Å². The summed E-state index contributed by atoms with van der Waals surface area (Å²) < 4.78 is 1.84. The number of hydrogen-bond donors (Lipinski definition) is 1. The number of aliphatic imine (C=N–C) groups is 1. The number of likely N-dealkylation sites (tertiary alicyclic amines) is 1. The van der Waals surface area contributed by atoms with Gasteiger partial charge in [0.2, 0.25) is 0 Å². The van der Waals surface area contributed by atoms with Gasteiger partial charge in [0.1, 0.15) is 0 Å². The Kier molecular flexibility index (Phi) is 6.44. The lowest BCUT2D eigenvalue weighted by atomic mass is 10.00. The van der Waals surface area contributed by atoms with Gasteiger partial charge in [-0.25, -0.2) is 9.67 Å². The van der Waals surface area contributed by atoms with Crippen LogP contribution in [0.1, 0.15) is 25.3 Å². The van der Waals surface area contributed by atoms with Gasteiger partial charge in [0, 0.05) is 25.5 Å². The zero-order valence-electron chi connectivity index (χ0n) is 13.4. The Hall–Kier alpha value is -1.57. The Bertz CT molecular complexity index is 613. The summed E-state index contributed by atoms with van der Waals surface area (Å²) in [6.45, 7) is 4.96. The van der Waals surface area contributed by atoms with Crippen molar-refractivity contribution in [1.29, 1.82) is 0 Å². The average molecular weight is 425 g/mol. The third-order valence-electron chi connectivity index (χ3n) is 4.24. The van der Waals surface area contributed by atoms with Crippen molar-refractivity contribution in [3.63, 3.8) is 0 Å². The molecule has 1 aromatic carbocycles. The van der Waals surface area contributed by atoms with Crippen molar-refractivity contribution in [1.82, 2.24) is 14.7 Å². The van der Waals surface area contributed by atoms with Crippen molar-refractivity contribution in [2.75, 3.05) is 13.1 Å². The van der Waals surface area contributed by atoms with Gasteiger partial charge in [-0.3, -0.25) is 0 Å². The fourth-order valence-corrected chi connectivity index (χ4v) is 2.69. The molecule has 5 nitrogen and oxygen atoms in total. The first-order chi connectivity index (χ1) is 10.7. The first-order valence-electron chi connectivity index (χ1n) is 7.86. The molecule has 1 aliphatic rings. The molecule has 3 rings (SSSR count). The van der Waals surface area contributed by atoms with Crippen molar-refractivity contribution in [2.45, 2.75) is 26.3 Å².